The number of benzene rings is 6. The molecule has 4 heteroatoms. The Morgan fingerprint density at radius 2 is 1.18 bits per heavy atom. The second kappa shape index (κ2) is 10.2. The number of pyridine rings is 1. The van der Waals surface area contributed by atoms with Crippen molar-refractivity contribution in [2.75, 3.05) is 4.90 Å². The third kappa shape index (κ3) is 4.11. The van der Waals surface area contributed by atoms with Crippen molar-refractivity contribution in [3.63, 3.8) is 0 Å². The van der Waals surface area contributed by atoms with Crippen LogP contribution in [0.25, 0.3) is 60.6 Å². The van der Waals surface area contributed by atoms with Crippen molar-refractivity contribution in [2.45, 2.75) is 0 Å². The lowest BCUT2D eigenvalue weighted by molar-refractivity contribution is 0.668. The quantitative estimate of drug-likeness (QED) is 0.204. The van der Waals surface area contributed by atoms with Gasteiger partial charge in [-0.2, -0.15) is 0 Å². The molecule has 0 fully saturated rings. The lowest BCUT2D eigenvalue weighted by Gasteiger charge is -2.26. The Morgan fingerprint density at radius 1 is 0.511 bits per heavy atom. The number of furan rings is 1. The molecule has 4 nitrogen and oxygen atoms in total. The van der Waals surface area contributed by atoms with Crippen LogP contribution in [0.15, 0.2) is 168 Å². The zero-order chi connectivity index (χ0) is 29.7. The minimum absolute atomic E-state index is 0.831. The van der Waals surface area contributed by atoms with Gasteiger partial charge in [0.15, 0.2) is 5.58 Å². The Morgan fingerprint density at radius 3 is 1.96 bits per heavy atom. The lowest BCUT2D eigenvalue weighted by Crippen LogP contribution is -2.10. The Balaban J connectivity index is 1.16. The van der Waals surface area contributed by atoms with Crippen LogP contribution in [0.4, 0.5) is 17.1 Å². The van der Waals surface area contributed by atoms with Gasteiger partial charge in [-0.25, -0.2) is 0 Å². The van der Waals surface area contributed by atoms with Crippen molar-refractivity contribution in [1.82, 2.24) is 9.55 Å². The maximum atomic E-state index is 6.45. The molecule has 0 aliphatic carbocycles. The molecule has 45 heavy (non-hydrogen) atoms. The molecule has 0 spiro atoms. The molecular weight excluding hydrogens is 550 g/mol. The molecule has 0 N–H and O–H groups in total. The van der Waals surface area contributed by atoms with Crippen molar-refractivity contribution >= 4 is 60.8 Å². The van der Waals surface area contributed by atoms with E-state index in [-0.39, 0.29) is 0 Å². The summed E-state index contributed by atoms with van der Waals surface area (Å²) in [5.41, 5.74) is 10.6. The second-order valence-corrected chi connectivity index (χ2v) is 11.3. The topological polar surface area (TPSA) is 34.2 Å². The third-order valence-corrected chi connectivity index (χ3v) is 8.68. The van der Waals surface area contributed by atoms with Crippen LogP contribution >= 0.6 is 0 Å². The van der Waals surface area contributed by atoms with E-state index in [1.165, 1.54) is 21.8 Å². The van der Waals surface area contributed by atoms with E-state index in [9.17, 15) is 0 Å². The van der Waals surface area contributed by atoms with Crippen LogP contribution in [0.2, 0.25) is 0 Å². The molecule has 212 valence electrons. The molecule has 0 saturated heterocycles. The highest BCUT2D eigenvalue weighted by Gasteiger charge is 2.19. The first kappa shape index (κ1) is 25.4. The minimum atomic E-state index is 0.831. The molecule has 0 aliphatic heterocycles. The van der Waals surface area contributed by atoms with Gasteiger partial charge in [0.1, 0.15) is 5.58 Å². The Labute approximate surface area is 260 Å². The van der Waals surface area contributed by atoms with Gasteiger partial charge in [-0.1, -0.05) is 91.0 Å². The maximum Gasteiger partial charge on any atom is 0.159 e. The zero-order valence-electron chi connectivity index (χ0n) is 24.3. The fourth-order valence-corrected chi connectivity index (χ4v) is 6.64. The maximum absolute atomic E-state index is 6.45. The van der Waals surface area contributed by atoms with Crippen LogP contribution in [0.1, 0.15) is 0 Å². The van der Waals surface area contributed by atoms with Crippen molar-refractivity contribution in [3.8, 4) is 16.8 Å². The van der Waals surface area contributed by atoms with Gasteiger partial charge in [-0.3, -0.25) is 4.98 Å². The molecule has 0 amide bonds. The van der Waals surface area contributed by atoms with Crippen LogP contribution in [-0.4, -0.2) is 9.55 Å². The summed E-state index contributed by atoms with van der Waals surface area (Å²) in [4.78, 5) is 6.62. The summed E-state index contributed by atoms with van der Waals surface area (Å²) in [6, 6.07) is 53.5. The van der Waals surface area contributed by atoms with E-state index < -0.39 is 0 Å². The highest BCUT2D eigenvalue weighted by atomic mass is 16.3. The smallest absolute Gasteiger partial charge is 0.159 e. The van der Waals surface area contributed by atoms with Gasteiger partial charge in [-0.05, 0) is 71.8 Å². The van der Waals surface area contributed by atoms with Crippen molar-refractivity contribution < 1.29 is 4.42 Å². The second-order valence-electron chi connectivity index (χ2n) is 11.3. The average molecular weight is 578 g/mol. The van der Waals surface area contributed by atoms with E-state index in [4.69, 9.17) is 4.42 Å². The molecular formula is C41H27N3O. The Kier molecular flexibility index (Phi) is 5.78. The number of hydrogen-bond acceptors (Lipinski definition) is 3. The predicted octanol–water partition coefficient (Wildman–Crippen LogP) is 11.2. The fraction of sp³-hybridized carbons (Fsp3) is 0. The van der Waals surface area contributed by atoms with Crippen LogP contribution < -0.4 is 4.90 Å². The molecule has 6 aromatic carbocycles. The lowest BCUT2D eigenvalue weighted by atomic mass is 10.0. The van der Waals surface area contributed by atoms with Gasteiger partial charge in [0.05, 0.1) is 16.7 Å². The van der Waals surface area contributed by atoms with E-state index >= 15 is 0 Å². The van der Waals surface area contributed by atoms with Crippen molar-refractivity contribution in [3.05, 3.63) is 164 Å². The molecule has 0 saturated carbocycles. The van der Waals surface area contributed by atoms with E-state index in [0.717, 1.165) is 55.8 Å². The number of anilines is 3. The molecule has 0 atom stereocenters. The number of para-hydroxylation sites is 4. The van der Waals surface area contributed by atoms with E-state index in [2.05, 4.69) is 154 Å². The summed E-state index contributed by atoms with van der Waals surface area (Å²) in [5.74, 6) is 0. The van der Waals surface area contributed by atoms with Gasteiger partial charge >= 0.3 is 0 Å². The van der Waals surface area contributed by atoms with Gasteiger partial charge in [0, 0.05) is 51.0 Å². The van der Waals surface area contributed by atoms with Gasteiger partial charge in [-0.15, -0.1) is 0 Å². The number of nitrogens with zero attached hydrogens (tertiary/aromatic N) is 3. The number of fused-ring (bicyclic) bond motifs is 6. The first-order valence-electron chi connectivity index (χ1n) is 15.1. The zero-order valence-corrected chi connectivity index (χ0v) is 24.3. The standard InChI is InChI=1S/C41H27N3O/c1-2-11-30(12-3-1)43(39-19-9-16-35-36-27-42-25-24-40(36)45-41(35)39)32-13-8-10-29(26-32)28-20-22-31(23-21-28)44-37-17-6-4-14-33(37)34-15-5-7-18-38(34)44/h1-27H. The summed E-state index contributed by atoms with van der Waals surface area (Å²) in [5, 5.41) is 4.59. The van der Waals surface area contributed by atoms with Crippen LogP contribution in [0, 0.1) is 0 Å². The van der Waals surface area contributed by atoms with E-state index in [1.807, 2.05) is 18.3 Å². The van der Waals surface area contributed by atoms with E-state index in [0.29, 0.717) is 0 Å². The highest BCUT2D eigenvalue weighted by Crippen LogP contribution is 2.42. The fourth-order valence-electron chi connectivity index (χ4n) is 6.64. The summed E-state index contributed by atoms with van der Waals surface area (Å²) < 4.78 is 8.80. The summed E-state index contributed by atoms with van der Waals surface area (Å²) >= 11 is 0. The van der Waals surface area contributed by atoms with Gasteiger partial charge in [0.2, 0.25) is 0 Å². The molecule has 9 rings (SSSR count). The van der Waals surface area contributed by atoms with Crippen molar-refractivity contribution in [2.24, 2.45) is 0 Å². The Hall–Kier alpha value is -6.13. The minimum Gasteiger partial charge on any atom is -0.454 e. The predicted molar refractivity (Wildman–Crippen MR) is 186 cm³/mol. The average Bonchev–Trinajstić information content (AvgIpc) is 3.66. The molecule has 0 bridgehead atoms. The van der Waals surface area contributed by atoms with Crippen LogP contribution in [0.5, 0.6) is 0 Å². The normalized spacial score (nSPS) is 11.6. The monoisotopic (exact) mass is 577 g/mol. The SMILES string of the molecule is c1ccc(N(c2cccc(-c3ccc(-n4c5ccccc5c5ccccc54)cc3)c2)c2cccc3c2oc2ccncc23)cc1. The van der Waals surface area contributed by atoms with Crippen LogP contribution in [-0.2, 0) is 0 Å². The number of rotatable bonds is 5. The summed E-state index contributed by atoms with van der Waals surface area (Å²) in [7, 11) is 0. The first-order chi connectivity index (χ1) is 22.3. The molecule has 9 aromatic rings. The summed E-state index contributed by atoms with van der Waals surface area (Å²) in [6.45, 7) is 0. The number of hydrogen-bond donors (Lipinski definition) is 0. The molecule has 0 aliphatic rings. The molecule has 0 unspecified atom stereocenters. The largest absolute Gasteiger partial charge is 0.454 e. The number of aromatic nitrogens is 2. The van der Waals surface area contributed by atoms with Crippen LogP contribution in [0.3, 0.4) is 0 Å². The Bertz CT molecular complexity index is 2440. The third-order valence-electron chi connectivity index (χ3n) is 8.68. The molecule has 3 heterocycles. The highest BCUT2D eigenvalue weighted by molar-refractivity contribution is 6.10. The van der Waals surface area contributed by atoms with Gasteiger partial charge < -0.3 is 13.9 Å². The molecule has 0 radical (unpaired) electrons. The van der Waals surface area contributed by atoms with Gasteiger partial charge in [0.25, 0.3) is 0 Å². The van der Waals surface area contributed by atoms with E-state index in [1.54, 1.807) is 6.20 Å². The first-order valence-corrected chi connectivity index (χ1v) is 15.1. The molecule has 3 aromatic heterocycles. The van der Waals surface area contributed by atoms with Crippen molar-refractivity contribution in [1.29, 1.82) is 0 Å². The summed E-state index contributed by atoms with van der Waals surface area (Å²) in [6.07, 6.45) is 3.65.